The number of aliphatic hydroxyl groups excluding tert-OH is 1. The fourth-order valence-electron chi connectivity index (χ4n) is 6.25. The van der Waals surface area contributed by atoms with Crippen LogP contribution in [-0.4, -0.2) is 93.3 Å². The number of piperidine rings is 1. The van der Waals surface area contributed by atoms with Gasteiger partial charge in [-0.05, 0) is 39.7 Å². The number of piperazine rings is 1. The molecule has 13 heteroatoms. The molecular weight excluding hydrogens is 564 g/mol. The molecule has 4 N–H and O–H groups in total. The summed E-state index contributed by atoms with van der Waals surface area (Å²) in [4.78, 5) is 32.5. The Labute approximate surface area is 248 Å². The fraction of sp³-hybridized carbons (Fsp3) is 0.571. The maximum atomic E-state index is 13.3. The van der Waals surface area contributed by atoms with Crippen LogP contribution < -0.4 is 16.0 Å². The highest BCUT2D eigenvalue weighted by Crippen LogP contribution is 2.43. The van der Waals surface area contributed by atoms with Crippen molar-refractivity contribution >= 4 is 40.7 Å². The second kappa shape index (κ2) is 11.3. The number of hydrogen-bond donors (Lipinski definition) is 3. The molecule has 3 aromatic heterocycles. The van der Waals surface area contributed by atoms with Crippen LogP contribution in [0.5, 0.6) is 0 Å². The van der Waals surface area contributed by atoms with Crippen LogP contribution in [0.4, 0.5) is 5.82 Å². The Hall–Kier alpha value is -2.48. The average Bonchev–Trinajstić information content (AvgIpc) is 3.47. The molecule has 0 bridgehead atoms. The molecule has 3 fully saturated rings. The standard InChI is InChI=1S/C28H37ClN8O3S/c1-16-22(27(39)36-12-7-31-8-13-36)37-9-4-20(21(29)25(37)32-16)41-26-17(2)33-24(19(14-38)34-26)35-10-5-28(6-11-35)15-40-18(3)23(28)30/h4,9,18,23,31,38H,5-8,10-15,30H2,1-3H3/t18-,23+/m0/s1. The molecule has 1 spiro atoms. The largest absolute Gasteiger partial charge is 0.390 e. The van der Waals surface area contributed by atoms with E-state index in [-0.39, 0.29) is 30.1 Å². The number of ether oxygens (including phenoxy) is 1. The first kappa shape index (κ1) is 28.6. The summed E-state index contributed by atoms with van der Waals surface area (Å²) in [5.41, 5.74) is 9.49. The minimum atomic E-state index is -0.221. The molecule has 6 rings (SSSR count). The second-order valence-corrected chi connectivity index (χ2v) is 12.7. The molecular formula is C28H37ClN8O3S. The van der Waals surface area contributed by atoms with Crippen LogP contribution in [0, 0.1) is 19.3 Å². The predicted molar refractivity (Wildman–Crippen MR) is 158 cm³/mol. The highest BCUT2D eigenvalue weighted by Gasteiger charge is 2.47. The number of halogens is 1. The fourth-order valence-corrected chi connectivity index (χ4v) is 7.43. The zero-order valence-electron chi connectivity index (χ0n) is 23.7. The molecule has 220 valence electrons. The number of aryl methyl sites for hydroxylation is 2. The smallest absolute Gasteiger partial charge is 0.272 e. The normalized spacial score (nSPS) is 22.7. The number of nitrogens with zero attached hydrogens (tertiary/aromatic N) is 6. The predicted octanol–water partition coefficient (Wildman–Crippen LogP) is 2.42. The van der Waals surface area contributed by atoms with E-state index in [2.05, 4.69) is 15.2 Å². The first-order chi connectivity index (χ1) is 19.7. The van der Waals surface area contributed by atoms with Gasteiger partial charge in [0, 0.05) is 61.8 Å². The minimum absolute atomic E-state index is 0.00359. The number of nitrogens with two attached hydrogens (primary N) is 1. The molecule has 0 saturated carbocycles. The van der Waals surface area contributed by atoms with Crippen molar-refractivity contribution in [2.24, 2.45) is 11.1 Å². The van der Waals surface area contributed by atoms with Crippen LogP contribution in [-0.2, 0) is 11.3 Å². The molecule has 0 unspecified atom stereocenters. The van der Waals surface area contributed by atoms with E-state index >= 15 is 0 Å². The van der Waals surface area contributed by atoms with Gasteiger partial charge in [0.05, 0.1) is 35.7 Å². The molecule has 2 atom stereocenters. The molecule has 3 aromatic rings. The third kappa shape index (κ3) is 5.08. The van der Waals surface area contributed by atoms with Crippen molar-refractivity contribution in [2.45, 2.75) is 62.3 Å². The lowest BCUT2D eigenvalue weighted by Gasteiger charge is -2.42. The summed E-state index contributed by atoms with van der Waals surface area (Å²) in [7, 11) is 0. The number of anilines is 1. The van der Waals surface area contributed by atoms with E-state index in [1.54, 1.807) is 4.40 Å². The van der Waals surface area contributed by atoms with Crippen LogP contribution in [0.1, 0.15) is 47.3 Å². The summed E-state index contributed by atoms with van der Waals surface area (Å²) in [5.74, 6) is 0.671. The first-order valence-corrected chi connectivity index (χ1v) is 15.4. The SMILES string of the molecule is Cc1nc(N2CCC3(CC2)CO[C@@H](C)[C@H]3N)c(CO)nc1Sc1ccn2c(C(=O)N3CCNCC3)c(C)nc2c1Cl. The number of amides is 1. The molecule has 6 heterocycles. The number of aromatic nitrogens is 4. The second-order valence-electron chi connectivity index (χ2n) is 11.3. The van der Waals surface area contributed by atoms with E-state index in [1.165, 1.54) is 11.8 Å². The number of hydrogen-bond acceptors (Lipinski definition) is 10. The van der Waals surface area contributed by atoms with Gasteiger partial charge < -0.3 is 30.7 Å². The number of nitrogens with one attached hydrogen (secondary N) is 1. The average molecular weight is 601 g/mol. The van der Waals surface area contributed by atoms with E-state index in [0.717, 1.165) is 49.6 Å². The Morgan fingerprint density at radius 3 is 2.59 bits per heavy atom. The van der Waals surface area contributed by atoms with E-state index in [0.29, 0.717) is 58.3 Å². The highest BCUT2D eigenvalue weighted by atomic mass is 35.5. The van der Waals surface area contributed by atoms with Gasteiger partial charge in [0.2, 0.25) is 0 Å². The van der Waals surface area contributed by atoms with Gasteiger partial charge in [0.15, 0.2) is 11.5 Å². The molecule has 41 heavy (non-hydrogen) atoms. The van der Waals surface area contributed by atoms with Gasteiger partial charge in [-0.15, -0.1) is 0 Å². The third-order valence-electron chi connectivity index (χ3n) is 8.82. The molecule has 0 radical (unpaired) electrons. The molecule has 1 amide bonds. The number of carbonyl (C=O) groups excluding carboxylic acids is 1. The lowest BCUT2D eigenvalue weighted by molar-refractivity contribution is 0.0728. The van der Waals surface area contributed by atoms with Gasteiger partial charge in [-0.3, -0.25) is 9.20 Å². The van der Waals surface area contributed by atoms with Crippen molar-refractivity contribution in [1.29, 1.82) is 0 Å². The van der Waals surface area contributed by atoms with Crippen LogP contribution in [0.15, 0.2) is 22.2 Å². The Morgan fingerprint density at radius 1 is 1.20 bits per heavy atom. The number of imidazole rings is 1. The topological polar surface area (TPSA) is 134 Å². The molecule has 11 nitrogen and oxygen atoms in total. The van der Waals surface area contributed by atoms with Crippen molar-refractivity contribution in [3.63, 3.8) is 0 Å². The summed E-state index contributed by atoms with van der Waals surface area (Å²) in [6.07, 6.45) is 3.74. The Bertz CT molecular complexity index is 1470. The zero-order chi connectivity index (χ0) is 28.9. The lowest BCUT2D eigenvalue weighted by atomic mass is 9.73. The lowest BCUT2D eigenvalue weighted by Crippen LogP contribution is -2.51. The maximum Gasteiger partial charge on any atom is 0.272 e. The van der Waals surface area contributed by atoms with Gasteiger partial charge in [-0.1, -0.05) is 23.4 Å². The third-order valence-corrected chi connectivity index (χ3v) is 10.4. The number of aliphatic hydroxyl groups is 1. The molecule has 0 aromatic carbocycles. The van der Waals surface area contributed by atoms with E-state index in [9.17, 15) is 9.90 Å². The molecule has 3 aliphatic heterocycles. The van der Waals surface area contributed by atoms with Gasteiger partial charge in [-0.25, -0.2) is 15.0 Å². The minimum Gasteiger partial charge on any atom is -0.390 e. The number of carbonyl (C=O) groups is 1. The highest BCUT2D eigenvalue weighted by molar-refractivity contribution is 7.99. The quantitative estimate of drug-likeness (QED) is 0.401. The van der Waals surface area contributed by atoms with Gasteiger partial charge in [0.1, 0.15) is 16.4 Å². The summed E-state index contributed by atoms with van der Waals surface area (Å²) in [6, 6.07) is 1.91. The number of pyridine rings is 1. The first-order valence-electron chi connectivity index (χ1n) is 14.2. The van der Waals surface area contributed by atoms with E-state index in [1.807, 2.05) is 37.9 Å². The molecule has 3 saturated heterocycles. The zero-order valence-corrected chi connectivity index (χ0v) is 25.3. The van der Waals surface area contributed by atoms with Crippen molar-refractivity contribution in [1.82, 2.24) is 29.6 Å². The summed E-state index contributed by atoms with van der Waals surface area (Å²) >= 11 is 8.25. The van der Waals surface area contributed by atoms with E-state index < -0.39 is 0 Å². The van der Waals surface area contributed by atoms with Crippen molar-refractivity contribution in [3.05, 3.63) is 40.1 Å². The van der Waals surface area contributed by atoms with Crippen LogP contribution in [0.3, 0.4) is 0 Å². The van der Waals surface area contributed by atoms with Crippen molar-refractivity contribution in [2.75, 3.05) is 50.8 Å². The van der Waals surface area contributed by atoms with E-state index in [4.69, 9.17) is 32.0 Å². The molecule has 0 aliphatic carbocycles. The van der Waals surface area contributed by atoms with Crippen molar-refractivity contribution in [3.8, 4) is 0 Å². The van der Waals surface area contributed by atoms with Crippen molar-refractivity contribution < 1.29 is 14.6 Å². The summed E-state index contributed by atoms with van der Waals surface area (Å²) in [5, 5.41) is 14.6. The van der Waals surface area contributed by atoms with Gasteiger partial charge >= 0.3 is 0 Å². The van der Waals surface area contributed by atoms with Gasteiger partial charge in [0.25, 0.3) is 5.91 Å². The summed E-state index contributed by atoms with van der Waals surface area (Å²) < 4.78 is 7.64. The maximum absolute atomic E-state index is 13.3. The summed E-state index contributed by atoms with van der Waals surface area (Å²) in [6.45, 7) is 10.7. The Balaban J connectivity index is 1.24. The number of fused-ring (bicyclic) bond motifs is 1. The Kier molecular flexibility index (Phi) is 7.90. The Morgan fingerprint density at radius 2 is 1.93 bits per heavy atom. The van der Waals surface area contributed by atoms with Crippen LogP contribution in [0.2, 0.25) is 5.02 Å². The van der Waals surface area contributed by atoms with Crippen LogP contribution >= 0.6 is 23.4 Å². The monoisotopic (exact) mass is 600 g/mol. The molecule has 3 aliphatic rings. The van der Waals surface area contributed by atoms with Crippen LogP contribution in [0.25, 0.3) is 5.65 Å². The number of rotatable bonds is 5. The van der Waals surface area contributed by atoms with Gasteiger partial charge in [-0.2, -0.15) is 0 Å².